The number of carbonyl (C=O) groups is 1. The number of hydrogen-bond donors (Lipinski definition) is 2. The van der Waals surface area contributed by atoms with Gasteiger partial charge in [-0.3, -0.25) is 9.20 Å². The Hall–Kier alpha value is -5.13. The monoisotopic (exact) mass is 520 g/mol. The summed E-state index contributed by atoms with van der Waals surface area (Å²) in [6.45, 7) is 3.40. The van der Waals surface area contributed by atoms with Crippen molar-refractivity contribution in [3.05, 3.63) is 79.0 Å². The van der Waals surface area contributed by atoms with Crippen LogP contribution in [0.4, 0.5) is 30.4 Å². The molecule has 0 radical (unpaired) electrons. The SMILES string of the molecule is C=CC(=O)Nc1cc(F)ccc1Nc1cc2c(cn1)cc(-c1c(F)c(OC)cc(OC)c1F)c1nncn12. The van der Waals surface area contributed by atoms with E-state index in [-0.39, 0.29) is 28.4 Å². The summed E-state index contributed by atoms with van der Waals surface area (Å²) < 4.78 is 56.1. The number of aromatic nitrogens is 4. The topological polar surface area (TPSA) is 103 Å². The number of anilines is 3. The maximum absolute atomic E-state index is 15.3. The number of halogens is 3. The zero-order chi connectivity index (χ0) is 27.0. The maximum Gasteiger partial charge on any atom is 0.247 e. The number of methoxy groups -OCH3 is 2. The van der Waals surface area contributed by atoms with Gasteiger partial charge in [0.15, 0.2) is 28.8 Å². The zero-order valence-corrected chi connectivity index (χ0v) is 20.1. The predicted octanol–water partition coefficient (Wildman–Crippen LogP) is 5.25. The highest BCUT2D eigenvalue weighted by Gasteiger charge is 2.25. The number of fused-ring (bicyclic) bond motifs is 3. The average Bonchev–Trinajstić information content (AvgIpc) is 3.41. The number of pyridine rings is 2. The van der Waals surface area contributed by atoms with E-state index in [4.69, 9.17) is 9.47 Å². The number of benzene rings is 2. The first kappa shape index (κ1) is 24.6. The van der Waals surface area contributed by atoms with Crippen LogP contribution in [0.3, 0.4) is 0 Å². The Morgan fingerprint density at radius 1 is 1.03 bits per heavy atom. The molecule has 0 aliphatic rings. The first-order valence-electron chi connectivity index (χ1n) is 11.1. The molecular formula is C26H19F3N6O3. The van der Waals surface area contributed by atoms with Gasteiger partial charge in [-0.1, -0.05) is 6.58 Å². The van der Waals surface area contributed by atoms with Gasteiger partial charge in [0, 0.05) is 29.3 Å². The molecule has 9 nitrogen and oxygen atoms in total. The van der Waals surface area contributed by atoms with Crippen LogP contribution in [0.1, 0.15) is 0 Å². The molecule has 0 saturated heterocycles. The third-order valence-electron chi connectivity index (χ3n) is 5.79. The van der Waals surface area contributed by atoms with Crippen molar-refractivity contribution < 1.29 is 27.4 Å². The smallest absolute Gasteiger partial charge is 0.247 e. The number of rotatable bonds is 7. The van der Waals surface area contributed by atoms with Crippen LogP contribution in [0.25, 0.3) is 27.7 Å². The van der Waals surface area contributed by atoms with E-state index in [1.165, 1.54) is 44.9 Å². The molecule has 12 heteroatoms. The summed E-state index contributed by atoms with van der Waals surface area (Å²) in [6, 6.07) is 8.13. The first-order valence-corrected chi connectivity index (χ1v) is 11.1. The Morgan fingerprint density at radius 2 is 1.76 bits per heavy atom. The van der Waals surface area contributed by atoms with E-state index in [9.17, 15) is 9.18 Å². The molecule has 0 aliphatic carbocycles. The summed E-state index contributed by atoms with van der Waals surface area (Å²) in [5.41, 5.74) is 0.997. The second kappa shape index (κ2) is 9.73. The van der Waals surface area contributed by atoms with Crippen molar-refractivity contribution in [1.82, 2.24) is 19.6 Å². The molecular weight excluding hydrogens is 501 g/mol. The molecule has 2 aromatic carbocycles. The van der Waals surface area contributed by atoms with Gasteiger partial charge in [-0.15, -0.1) is 10.2 Å². The van der Waals surface area contributed by atoms with Crippen molar-refractivity contribution in [3.63, 3.8) is 0 Å². The molecule has 3 heterocycles. The summed E-state index contributed by atoms with van der Waals surface area (Å²) in [7, 11) is 2.53. The molecule has 0 unspecified atom stereocenters. The van der Waals surface area contributed by atoms with Crippen LogP contribution in [0.15, 0.2) is 61.6 Å². The molecule has 192 valence electrons. The number of nitrogens with zero attached hydrogens (tertiary/aromatic N) is 4. The number of hydrogen-bond acceptors (Lipinski definition) is 7. The van der Waals surface area contributed by atoms with Gasteiger partial charge in [-0.05, 0) is 30.3 Å². The standard InChI is InChI=1S/C26H19F3N6O3/c1-4-22(36)33-17-8-14(27)5-6-16(17)32-21-9-18-13(11-30-21)7-15(26-34-31-12-35(18)26)23-24(28)19(37-2)10-20(38-3)25(23)29/h4-12H,1H2,2-3H3,(H,30,32)(H,33,36). The third kappa shape index (κ3) is 4.21. The van der Waals surface area contributed by atoms with Gasteiger partial charge in [0.2, 0.25) is 5.91 Å². The summed E-state index contributed by atoms with van der Waals surface area (Å²) in [5.74, 6) is -2.98. The normalized spacial score (nSPS) is 11.0. The average molecular weight is 520 g/mol. The van der Waals surface area contributed by atoms with Crippen LogP contribution < -0.4 is 20.1 Å². The van der Waals surface area contributed by atoms with E-state index < -0.39 is 28.9 Å². The lowest BCUT2D eigenvalue weighted by Gasteiger charge is -2.15. The van der Waals surface area contributed by atoms with Crippen molar-refractivity contribution in [3.8, 4) is 22.6 Å². The van der Waals surface area contributed by atoms with E-state index in [1.807, 2.05) is 0 Å². The van der Waals surface area contributed by atoms with Crippen LogP contribution in [0.5, 0.6) is 11.5 Å². The van der Waals surface area contributed by atoms with Crippen molar-refractivity contribution in [2.75, 3.05) is 24.9 Å². The highest BCUT2D eigenvalue weighted by atomic mass is 19.1. The van der Waals surface area contributed by atoms with Gasteiger partial charge in [0.05, 0.1) is 36.7 Å². The summed E-state index contributed by atoms with van der Waals surface area (Å²) >= 11 is 0. The van der Waals surface area contributed by atoms with Crippen LogP contribution >= 0.6 is 0 Å². The van der Waals surface area contributed by atoms with Crippen LogP contribution in [0, 0.1) is 17.5 Å². The molecule has 38 heavy (non-hydrogen) atoms. The molecule has 0 aliphatic heterocycles. The molecule has 0 spiro atoms. The number of carbonyl (C=O) groups excluding carboxylic acids is 1. The van der Waals surface area contributed by atoms with E-state index in [1.54, 1.807) is 10.5 Å². The van der Waals surface area contributed by atoms with Gasteiger partial charge in [-0.2, -0.15) is 0 Å². The summed E-state index contributed by atoms with van der Waals surface area (Å²) in [5, 5.41) is 14.1. The minimum absolute atomic E-state index is 0.109. The van der Waals surface area contributed by atoms with Crippen molar-refractivity contribution in [2.24, 2.45) is 0 Å². The minimum Gasteiger partial charge on any atom is -0.494 e. The lowest BCUT2D eigenvalue weighted by atomic mass is 10.0. The Balaban J connectivity index is 1.64. The fourth-order valence-corrected chi connectivity index (χ4v) is 4.02. The molecule has 5 aromatic rings. The van der Waals surface area contributed by atoms with Gasteiger partial charge in [0.25, 0.3) is 0 Å². The molecule has 3 aromatic heterocycles. The maximum atomic E-state index is 15.3. The number of amides is 1. The van der Waals surface area contributed by atoms with Crippen LogP contribution in [-0.4, -0.2) is 39.7 Å². The Labute approximate surface area is 213 Å². The highest BCUT2D eigenvalue weighted by molar-refractivity contribution is 6.01. The predicted molar refractivity (Wildman–Crippen MR) is 135 cm³/mol. The second-order valence-electron chi connectivity index (χ2n) is 8.00. The third-order valence-corrected chi connectivity index (χ3v) is 5.79. The van der Waals surface area contributed by atoms with Crippen molar-refractivity contribution in [1.29, 1.82) is 0 Å². The van der Waals surface area contributed by atoms with Gasteiger partial charge in [0.1, 0.15) is 18.0 Å². The lowest BCUT2D eigenvalue weighted by Crippen LogP contribution is -2.10. The molecule has 1 amide bonds. The quantitative estimate of drug-likeness (QED) is 0.283. The van der Waals surface area contributed by atoms with Gasteiger partial charge in [-0.25, -0.2) is 18.2 Å². The second-order valence-corrected chi connectivity index (χ2v) is 8.00. The molecule has 0 atom stereocenters. The van der Waals surface area contributed by atoms with Crippen molar-refractivity contribution >= 4 is 39.6 Å². The number of ether oxygens (including phenoxy) is 2. The first-order chi connectivity index (χ1) is 18.3. The number of nitrogens with one attached hydrogen (secondary N) is 2. The highest BCUT2D eigenvalue weighted by Crippen LogP contribution is 2.40. The van der Waals surface area contributed by atoms with Crippen molar-refractivity contribution in [2.45, 2.75) is 0 Å². The molecule has 0 bridgehead atoms. The zero-order valence-electron chi connectivity index (χ0n) is 20.1. The Kier molecular flexibility index (Phi) is 6.29. The summed E-state index contributed by atoms with van der Waals surface area (Å²) in [4.78, 5) is 16.2. The molecule has 5 rings (SSSR count). The largest absolute Gasteiger partial charge is 0.494 e. The van der Waals surface area contributed by atoms with E-state index >= 15 is 8.78 Å². The summed E-state index contributed by atoms with van der Waals surface area (Å²) in [6.07, 6.45) is 3.94. The van der Waals surface area contributed by atoms with E-state index in [0.717, 1.165) is 18.2 Å². The van der Waals surface area contributed by atoms with E-state index in [0.29, 0.717) is 22.4 Å². The Bertz CT molecular complexity index is 1710. The minimum atomic E-state index is -0.924. The van der Waals surface area contributed by atoms with Gasteiger partial charge >= 0.3 is 0 Å². The Morgan fingerprint density at radius 3 is 2.45 bits per heavy atom. The fraction of sp³-hybridized carbons (Fsp3) is 0.0769. The fourth-order valence-electron chi connectivity index (χ4n) is 4.02. The molecule has 0 fully saturated rings. The van der Waals surface area contributed by atoms with Gasteiger partial charge < -0.3 is 20.1 Å². The lowest BCUT2D eigenvalue weighted by molar-refractivity contribution is -0.111. The molecule has 0 saturated carbocycles. The van der Waals surface area contributed by atoms with Crippen LogP contribution in [0.2, 0.25) is 0 Å². The van der Waals surface area contributed by atoms with E-state index in [2.05, 4.69) is 32.4 Å². The molecule has 2 N–H and O–H groups in total. The van der Waals surface area contributed by atoms with Crippen LogP contribution in [-0.2, 0) is 4.79 Å².